The monoisotopic (exact) mass is 229 g/mol. The Hall–Kier alpha value is -0.770. The third-order valence-corrected chi connectivity index (χ3v) is 2.43. The predicted molar refractivity (Wildman–Crippen MR) is 61.6 cm³/mol. The van der Waals surface area contributed by atoms with E-state index in [1.54, 1.807) is 14.2 Å². The molecule has 0 saturated heterocycles. The fourth-order valence-corrected chi connectivity index (χ4v) is 1.52. The summed E-state index contributed by atoms with van der Waals surface area (Å²) in [7, 11) is 3.32. The summed E-state index contributed by atoms with van der Waals surface area (Å²) in [6.07, 6.45) is 0. The van der Waals surface area contributed by atoms with Crippen LogP contribution in [0.25, 0.3) is 0 Å². The van der Waals surface area contributed by atoms with Gasteiger partial charge in [-0.15, -0.1) is 0 Å². The highest BCUT2D eigenvalue weighted by Gasteiger charge is 2.06. The lowest BCUT2D eigenvalue weighted by Crippen LogP contribution is -2.19. The summed E-state index contributed by atoms with van der Waals surface area (Å²) < 4.78 is 10.2. The molecule has 0 bridgehead atoms. The van der Waals surface area contributed by atoms with Crippen molar-refractivity contribution < 1.29 is 9.47 Å². The summed E-state index contributed by atoms with van der Waals surface area (Å²) in [5.41, 5.74) is 0.984. The van der Waals surface area contributed by atoms with E-state index in [1.165, 1.54) is 0 Å². The van der Waals surface area contributed by atoms with Crippen LogP contribution in [0.15, 0.2) is 18.2 Å². The van der Waals surface area contributed by atoms with Gasteiger partial charge in [0.15, 0.2) is 0 Å². The number of halogens is 1. The van der Waals surface area contributed by atoms with Gasteiger partial charge < -0.3 is 14.8 Å². The van der Waals surface area contributed by atoms with Crippen LogP contribution in [0.3, 0.4) is 0 Å². The molecule has 0 spiro atoms. The van der Waals surface area contributed by atoms with Gasteiger partial charge in [0, 0.05) is 30.8 Å². The van der Waals surface area contributed by atoms with Crippen molar-refractivity contribution in [1.82, 2.24) is 5.32 Å². The maximum Gasteiger partial charge on any atom is 0.124 e. The average molecular weight is 230 g/mol. The average Bonchev–Trinajstić information content (AvgIpc) is 2.26. The Morgan fingerprint density at radius 2 is 2.13 bits per heavy atom. The summed E-state index contributed by atoms with van der Waals surface area (Å²) in [4.78, 5) is 0. The second-order valence-electron chi connectivity index (χ2n) is 3.09. The Morgan fingerprint density at radius 1 is 1.33 bits per heavy atom. The molecule has 0 unspecified atom stereocenters. The first-order chi connectivity index (χ1) is 7.29. The maximum absolute atomic E-state index is 6.07. The summed E-state index contributed by atoms with van der Waals surface area (Å²) in [5.74, 6) is 0.812. The van der Waals surface area contributed by atoms with E-state index < -0.39 is 0 Å². The summed E-state index contributed by atoms with van der Waals surface area (Å²) >= 11 is 6.07. The Kier molecular flexibility index (Phi) is 5.47. The van der Waals surface area contributed by atoms with Crippen LogP contribution in [0.1, 0.15) is 5.56 Å². The van der Waals surface area contributed by atoms with Gasteiger partial charge in [0.2, 0.25) is 0 Å². The van der Waals surface area contributed by atoms with Gasteiger partial charge in [-0.05, 0) is 12.1 Å². The van der Waals surface area contributed by atoms with Crippen LogP contribution in [0.2, 0.25) is 5.02 Å². The molecule has 3 nitrogen and oxygen atoms in total. The number of rotatable bonds is 6. The third kappa shape index (κ3) is 3.70. The van der Waals surface area contributed by atoms with E-state index in [4.69, 9.17) is 21.1 Å². The van der Waals surface area contributed by atoms with Crippen LogP contribution in [-0.4, -0.2) is 27.4 Å². The standard InChI is InChI=1S/C11H16ClNO2/c1-14-7-6-13-8-9-10(12)4-3-5-11(9)15-2/h3-5,13H,6-8H2,1-2H3. The predicted octanol–water partition coefficient (Wildman–Crippen LogP) is 2.08. The molecule has 4 heteroatoms. The first-order valence-corrected chi connectivity index (χ1v) is 5.18. The van der Waals surface area contributed by atoms with Crippen molar-refractivity contribution in [2.45, 2.75) is 6.54 Å². The highest BCUT2D eigenvalue weighted by atomic mass is 35.5. The maximum atomic E-state index is 6.07. The van der Waals surface area contributed by atoms with Gasteiger partial charge in [-0.25, -0.2) is 0 Å². The van der Waals surface area contributed by atoms with E-state index in [-0.39, 0.29) is 0 Å². The van der Waals surface area contributed by atoms with Gasteiger partial charge in [0.1, 0.15) is 5.75 Å². The molecule has 0 aliphatic rings. The lowest BCUT2D eigenvalue weighted by Gasteiger charge is -2.10. The minimum atomic E-state index is 0.687. The molecule has 15 heavy (non-hydrogen) atoms. The molecule has 1 rings (SSSR count). The molecule has 0 atom stereocenters. The molecule has 0 aromatic heterocycles. The van der Waals surface area contributed by atoms with E-state index in [1.807, 2.05) is 18.2 Å². The number of hydrogen-bond acceptors (Lipinski definition) is 3. The van der Waals surface area contributed by atoms with Crippen LogP contribution in [0.4, 0.5) is 0 Å². The largest absolute Gasteiger partial charge is 0.496 e. The molecular weight excluding hydrogens is 214 g/mol. The normalized spacial score (nSPS) is 10.3. The van der Waals surface area contributed by atoms with E-state index in [0.717, 1.165) is 22.9 Å². The minimum absolute atomic E-state index is 0.687. The topological polar surface area (TPSA) is 30.5 Å². The number of ether oxygens (including phenoxy) is 2. The second-order valence-corrected chi connectivity index (χ2v) is 3.50. The molecule has 1 N–H and O–H groups in total. The van der Waals surface area contributed by atoms with Crippen LogP contribution in [-0.2, 0) is 11.3 Å². The van der Waals surface area contributed by atoms with Crippen LogP contribution >= 0.6 is 11.6 Å². The lowest BCUT2D eigenvalue weighted by atomic mass is 10.2. The Morgan fingerprint density at radius 3 is 2.80 bits per heavy atom. The number of hydrogen-bond donors (Lipinski definition) is 1. The molecule has 0 amide bonds. The number of methoxy groups -OCH3 is 2. The summed E-state index contributed by atoms with van der Waals surface area (Å²) in [5, 5.41) is 3.95. The molecule has 0 aliphatic heterocycles. The van der Waals surface area contributed by atoms with Crippen molar-refractivity contribution >= 4 is 11.6 Å². The fourth-order valence-electron chi connectivity index (χ4n) is 1.29. The van der Waals surface area contributed by atoms with Crippen molar-refractivity contribution in [2.24, 2.45) is 0 Å². The van der Waals surface area contributed by atoms with Crippen molar-refractivity contribution in [3.63, 3.8) is 0 Å². The van der Waals surface area contributed by atoms with Crippen LogP contribution in [0, 0.1) is 0 Å². The number of benzene rings is 1. The molecule has 1 aromatic carbocycles. The Labute approximate surface area is 95.3 Å². The minimum Gasteiger partial charge on any atom is -0.496 e. The third-order valence-electron chi connectivity index (χ3n) is 2.08. The first kappa shape index (κ1) is 12.3. The molecule has 1 aromatic rings. The fraction of sp³-hybridized carbons (Fsp3) is 0.455. The summed E-state index contributed by atoms with van der Waals surface area (Å²) in [6.45, 7) is 2.17. The highest BCUT2D eigenvalue weighted by Crippen LogP contribution is 2.25. The Bertz CT molecular complexity index is 305. The molecular formula is C11H16ClNO2. The van der Waals surface area contributed by atoms with E-state index in [2.05, 4.69) is 5.32 Å². The second kappa shape index (κ2) is 6.67. The molecule has 0 heterocycles. The molecule has 0 aliphatic carbocycles. The first-order valence-electron chi connectivity index (χ1n) is 4.80. The quantitative estimate of drug-likeness (QED) is 0.758. The van der Waals surface area contributed by atoms with Gasteiger partial charge in [0.25, 0.3) is 0 Å². The Balaban J connectivity index is 2.58. The SMILES string of the molecule is COCCNCc1c(Cl)cccc1OC. The van der Waals surface area contributed by atoms with Crippen molar-refractivity contribution in [2.75, 3.05) is 27.4 Å². The summed E-state index contributed by atoms with van der Waals surface area (Å²) in [6, 6.07) is 5.64. The zero-order valence-corrected chi connectivity index (χ0v) is 9.80. The van der Waals surface area contributed by atoms with Gasteiger partial charge >= 0.3 is 0 Å². The van der Waals surface area contributed by atoms with E-state index >= 15 is 0 Å². The van der Waals surface area contributed by atoms with E-state index in [9.17, 15) is 0 Å². The lowest BCUT2D eigenvalue weighted by molar-refractivity contribution is 0.199. The molecule has 0 radical (unpaired) electrons. The zero-order valence-electron chi connectivity index (χ0n) is 9.05. The van der Waals surface area contributed by atoms with Crippen molar-refractivity contribution in [3.8, 4) is 5.75 Å². The number of nitrogens with one attached hydrogen (secondary N) is 1. The van der Waals surface area contributed by atoms with Crippen LogP contribution in [0.5, 0.6) is 5.75 Å². The van der Waals surface area contributed by atoms with Gasteiger partial charge in [-0.2, -0.15) is 0 Å². The highest BCUT2D eigenvalue weighted by molar-refractivity contribution is 6.31. The van der Waals surface area contributed by atoms with Crippen LogP contribution < -0.4 is 10.1 Å². The van der Waals surface area contributed by atoms with E-state index in [0.29, 0.717) is 13.2 Å². The zero-order chi connectivity index (χ0) is 11.1. The van der Waals surface area contributed by atoms with Gasteiger partial charge in [0.05, 0.1) is 13.7 Å². The smallest absolute Gasteiger partial charge is 0.124 e. The van der Waals surface area contributed by atoms with Crippen molar-refractivity contribution in [1.29, 1.82) is 0 Å². The van der Waals surface area contributed by atoms with Gasteiger partial charge in [-0.3, -0.25) is 0 Å². The van der Waals surface area contributed by atoms with Crippen molar-refractivity contribution in [3.05, 3.63) is 28.8 Å². The molecule has 0 saturated carbocycles. The molecule has 84 valence electrons. The molecule has 0 fully saturated rings. The van der Waals surface area contributed by atoms with Gasteiger partial charge in [-0.1, -0.05) is 17.7 Å².